The average Bonchev–Trinajstić information content (AvgIpc) is 2.85. The van der Waals surface area contributed by atoms with Crippen molar-refractivity contribution in [2.24, 2.45) is 5.92 Å². The summed E-state index contributed by atoms with van der Waals surface area (Å²) in [5.41, 5.74) is 2.57. The highest BCUT2D eigenvalue weighted by atomic mass is 19.1. The summed E-state index contributed by atoms with van der Waals surface area (Å²) in [7, 11) is 0. The van der Waals surface area contributed by atoms with Crippen molar-refractivity contribution in [1.82, 2.24) is 10.2 Å². The number of rotatable bonds is 7. The van der Waals surface area contributed by atoms with Crippen LogP contribution >= 0.6 is 0 Å². The van der Waals surface area contributed by atoms with Crippen molar-refractivity contribution in [3.05, 3.63) is 101 Å². The van der Waals surface area contributed by atoms with Crippen molar-refractivity contribution in [2.75, 3.05) is 18.4 Å². The molecule has 0 saturated carbocycles. The first kappa shape index (κ1) is 22.7. The van der Waals surface area contributed by atoms with Crippen LogP contribution in [0.25, 0.3) is 0 Å². The fourth-order valence-corrected chi connectivity index (χ4v) is 4.18. The summed E-state index contributed by atoms with van der Waals surface area (Å²) in [6.07, 6.45) is 1.63. The molecule has 2 amide bonds. The van der Waals surface area contributed by atoms with E-state index < -0.39 is 0 Å². The molecular weight excluding hydrogens is 417 g/mol. The Morgan fingerprint density at radius 2 is 1.67 bits per heavy atom. The molecule has 170 valence electrons. The van der Waals surface area contributed by atoms with Gasteiger partial charge in [-0.05, 0) is 43.1 Å². The van der Waals surface area contributed by atoms with Gasteiger partial charge in [0.1, 0.15) is 5.82 Å². The van der Waals surface area contributed by atoms with Gasteiger partial charge in [0.15, 0.2) is 0 Å². The van der Waals surface area contributed by atoms with Gasteiger partial charge in [-0.3, -0.25) is 14.5 Å². The average molecular weight is 446 g/mol. The third kappa shape index (κ3) is 6.05. The third-order valence-electron chi connectivity index (χ3n) is 5.95. The van der Waals surface area contributed by atoms with Gasteiger partial charge < -0.3 is 10.6 Å². The van der Waals surface area contributed by atoms with Crippen LogP contribution in [0.15, 0.2) is 78.9 Å². The van der Waals surface area contributed by atoms with Crippen molar-refractivity contribution >= 4 is 17.5 Å². The number of hydrogen-bond donors (Lipinski definition) is 2. The van der Waals surface area contributed by atoms with E-state index in [4.69, 9.17) is 0 Å². The Bertz CT molecular complexity index is 1100. The maximum Gasteiger partial charge on any atom is 0.253 e. The highest BCUT2D eigenvalue weighted by Crippen LogP contribution is 2.23. The first-order valence-corrected chi connectivity index (χ1v) is 11.3. The number of amides is 2. The van der Waals surface area contributed by atoms with E-state index in [1.165, 1.54) is 6.07 Å². The Morgan fingerprint density at radius 1 is 0.939 bits per heavy atom. The van der Waals surface area contributed by atoms with Gasteiger partial charge in [0.2, 0.25) is 5.91 Å². The fraction of sp³-hybridized carbons (Fsp3) is 0.259. The maximum absolute atomic E-state index is 14.0. The maximum atomic E-state index is 14.0. The summed E-state index contributed by atoms with van der Waals surface area (Å²) >= 11 is 0. The molecule has 1 aliphatic heterocycles. The van der Waals surface area contributed by atoms with E-state index in [0.29, 0.717) is 36.4 Å². The summed E-state index contributed by atoms with van der Waals surface area (Å²) in [4.78, 5) is 27.9. The van der Waals surface area contributed by atoms with Gasteiger partial charge in [-0.2, -0.15) is 0 Å². The van der Waals surface area contributed by atoms with E-state index in [-0.39, 0.29) is 23.5 Å². The molecule has 4 rings (SSSR count). The molecule has 2 N–H and O–H groups in total. The highest BCUT2D eigenvalue weighted by molar-refractivity contribution is 6.04. The Labute approximate surface area is 193 Å². The van der Waals surface area contributed by atoms with E-state index in [2.05, 4.69) is 15.5 Å². The summed E-state index contributed by atoms with van der Waals surface area (Å²) in [6, 6.07) is 23.5. The van der Waals surface area contributed by atoms with Crippen LogP contribution in [0, 0.1) is 11.7 Å². The van der Waals surface area contributed by atoms with Crippen LogP contribution in [0.5, 0.6) is 0 Å². The summed E-state index contributed by atoms with van der Waals surface area (Å²) in [5, 5.41) is 5.87. The summed E-state index contributed by atoms with van der Waals surface area (Å²) in [6.45, 7) is 2.28. The molecule has 1 fully saturated rings. The first-order valence-electron chi connectivity index (χ1n) is 11.3. The lowest BCUT2D eigenvalue weighted by Crippen LogP contribution is -2.40. The molecule has 1 aliphatic rings. The molecule has 1 heterocycles. The molecule has 6 heteroatoms. The van der Waals surface area contributed by atoms with Gasteiger partial charge in [-0.1, -0.05) is 60.7 Å². The number of likely N-dealkylation sites (tertiary alicyclic amines) is 1. The van der Waals surface area contributed by atoms with Gasteiger partial charge in [0.25, 0.3) is 5.91 Å². The number of hydrogen-bond acceptors (Lipinski definition) is 3. The smallest absolute Gasteiger partial charge is 0.253 e. The highest BCUT2D eigenvalue weighted by Gasteiger charge is 2.27. The van der Waals surface area contributed by atoms with E-state index in [0.717, 1.165) is 24.9 Å². The van der Waals surface area contributed by atoms with E-state index >= 15 is 0 Å². The number of nitrogens with one attached hydrogen (secondary N) is 2. The monoisotopic (exact) mass is 445 g/mol. The van der Waals surface area contributed by atoms with Crippen LogP contribution in [-0.2, 0) is 17.9 Å². The number of carbonyl (C=O) groups is 2. The molecule has 3 aromatic carbocycles. The zero-order valence-electron chi connectivity index (χ0n) is 18.5. The molecule has 0 bridgehead atoms. The minimum Gasteiger partial charge on any atom is -0.348 e. The van der Waals surface area contributed by atoms with Gasteiger partial charge in [0.05, 0.1) is 17.2 Å². The minimum absolute atomic E-state index is 0.114. The van der Waals surface area contributed by atoms with Crippen molar-refractivity contribution < 1.29 is 14.0 Å². The molecule has 0 radical (unpaired) electrons. The summed E-state index contributed by atoms with van der Waals surface area (Å²) < 4.78 is 14.0. The van der Waals surface area contributed by atoms with Crippen LogP contribution in [0.4, 0.5) is 10.1 Å². The standard InChI is InChI=1S/C27H28FN3O2/c28-24-14-6-4-11-21(24)18-31-16-8-12-22(19-31)26(32)30-25-15-7-5-13-23(25)27(33)29-17-20-9-2-1-3-10-20/h1-7,9-11,13-15,22H,8,12,16-19H2,(H,29,33)(H,30,32). The molecule has 33 heavy (non-hydrogen) atoms. The minimum atomic E-state index is -0.237. The summed E-state index contributed by atoms with van der Waals surface area (Å²) in [5.74, 6) is -0.790. The molecule has 1 atom stereocenters. The number of nitrogens with zero attached hydrogens (tertiary/aromatic N) is 1. The molecular formula is C27H28FN3O2. The Morgan fingerprint density at radius 3 is 2.48 bits per heavy atom. The predicted molar refractivity (Wildman–Crippen MR) is 127 cm³/mol. The first-order chi connectivity index (χ1) is 16.1. The second-order valence-electron chi connectivity index (χ2n) is 8.37. The quantitative estimate of drug-likeness (QED) is 0.559. The molecule has 5 nitrogen and oxygen atoms in total. The number of piperidine rings is 1. The lowest BCUT2D eigenvalue weighted by Gasteiger charge is -2.32. The topological polar surface area (TPSA) is 61.4 Å². The van der Waals surface area contributed by atoms with E-state index in [1.54, 1.807) is 36.4 Å². The largest absolute Gasteiger partial charge is 0.348 e. The van der Waals surface area contributed by atoms with Crippen LogP contribution in [0.3, 0.4) is 0 Å². The van der Waals surface area contributed by atoms with Crippen molar-refractivity contribution in [3.63, 3.8) is 0 Å². The Hall–Kier alpha value is -3.51. The fourth-order valence-electron chi connectivity index (χ4n) is 4.18. The molecule has 3 aromatic rings. The van der Waals surface area contributed by atoms with Gasteiger partial charge in [-0.15, -0.1) is 0 Å². The lowest BCUT2D eigenvalue weighted by atomic mass is 9.96. The zero-order chi connectivity index (χ0) is 23.0. The number of carbonyl (C=O) groups excluding carboxylic acids is 2. The molecule has 1 saturated heterocycles. The normalized spacial score (nSPS) is 16.2. The van der Waals surface area contributed by atoms with Gasteiger partial charge in [0, 0.05) is 25.2 Å². The number of halogens is 1. The number of anilines is 1. The molecule has 0 aromatic heterocycles. The Balaban J connectivity index is 1.38. The second-order valence-corrected chi connectivity index (χ2v) is 8.37. The SMILES string of the molecule is O=C(NCc1ccccc1)c1ccccc1NC(=O)C1CCCN(Cc2ccccc2F)C1. The van der Waals surface area contributed by atoms with Crippen molar-refractivity contribution in [1.29, 1.82) is 0 Å². The van der Waals surface area contributed by atoms with Crippen LogP contribution in [0.1, 0.15) is 34.3 Å². The third-order valence-corrected chi connectivity index (χ3v) is 5.95. The predicted octanol–water partition coefficient (Wildman–Crippen LogP) is 4.61. The van der Waals surface area contributed by atoms with Gasteiger partial charge in [-0.25, -0.2) is 4.39 Å². The van der Waals surface area contributed by atoms with Gasteiger partial charge >= 0.3 is 0 Å². The van der Waals surface area contributed by atoms with Crippen molar-refractivity contribution in [3.8, 4) is 0 Å². The molecule has 0 spiro atoms. The number of benzene rings is 3. The second kappa shape index (κ2) is 10.9. The van der Waals surface area contributed by atoms with Crippen LogP contribution in [0.2, 0.25) is 0 Å². The van der Waals surface area contributed by atoms with E-state index in [1.807, 2.05) is 36.4 Å². The van der Waals surface area contributed by atoms with E-state index in [9.17, 15) is 14.0 Å². The number of para-hydroxylation sites is 1. The molecule has 1 unspecified atom stereocenters. The Kier molecular flexibility index (Phi) is 7.47. The zero-order valence-corrected chi connectivity index (χ0v) is 18.5. The van der Waals surface area contributed by atoms with Crippen LogP contribution in [-0.4, -0.2) is 29.8 Å². The lowest BCUT2D eigenvalue weighted by molar-refractivity contribution is -0.121. The molecule has 0 aliphatic carbocycles. The van der Waals surface area contributed by atoms with Crippen LogP contribution < -0.4 is 10.6 Å². The van der Waals surface area contributed by atoms with Crippen molar-refractivity contribution in [2.45, 2.75) is 25.9 Å².